The number of piperidine rings is 1. The van der Waals surface area contributed by atoms with Gasteiger partial charge in [-0.15, -0.1) is 0 Å². The first-order valence-corrected chi connectivity index (χ1v) is 10.8. The Hall–Kier alpha value is -2.75. The van der Waals surface area contributed by atoms with E-state index in [0.717, 1.165) is 5.56 Å². The molecule has 0 aliphatic carbocycles. The van der Waals surface area contributed by atoms with E-state index in [0.29, 0.717) is 62.9 Å². The number of ether oxygens (including phenoxy) is 1. The van der Waals surface area contributed by atoms with Crippen molar-refractivity contribution in [1.29, 1.82) is 0 Å². The van der Waals surface area contributed by atoms with E-state index < -0.39 is 29.4 Å². The summed E-state index contributed by atoms with van der Waals surface area (Å²) in [6, 6.07) is 8.71. The lowest BCUT2D eigenvalue weighted by Crippen LogP contribution is -2.35. The second-order valence-corrected chi connectivity index (χ2v) is 8.44. The number of rotatable bonds is 8. The van der Waals surface area contributed by atoms with Crippen LogP contribution in [0.15, 0.2) is 42.5 Å². The smallest absolute Gasteiger partial charge is 0.416 e. The van der Waals surface area contributed by atoms with Gasteiger partial charge in [-0.2, -0.15) is 26.3 Å². The van der Waals surface area contributed by atoms with Crippen molar-refractivity contribution in [3.63, 3.8) is 0 Å². The molecule has 1 aliphatic heterocycles. The molecule has 1 N–H and O–H groups in total. The lowest BCUT2D eigenvalue weighted by Gasteiger charge is -2.32. The molecular weight excluding hydrogens is 464 g/mol. The van der Waals surface area contributed by atoms with Gasteiger partial charge in [0.25, 0.3) is 0 Å². The van der Waals surface area contributed by atoms with Crippen molar-refractivity contribution in [2.75, 3.05) is 19.7 Å². The number of aryl methyl sites for hydroxylation is 1. The Kier molecular flexibility index (Phi) is 8.12. The molecule has 34 heavy (non-hydrogen) atoms. The summed E-state index contributed by atoms with van der Waals surface area (Å²) in [7, 11) is 0. The number of nitrogens with zero attached hydrogens (tertiary/aromatic N) is 1. The molecule has 0 spiro atoms. The zero-order chi connectivity index (χ0) is 24.9. The van der Waals surface area contributed by atoms with Gasteiger partial charge in [0.2, 0.25) is 0 Å². The predicted molar refractivity (Wildman–Crippen MR) is 112 cm³/mol. The number of alkyl halides is 6. The Balaban J connectivity index is 1.56. The number of carboxylic acids is 1. The number of benzene rings is 2. The lowest BCUT2D eigenvalue weighted by molar-refractivity contribution is -0.142. The molecule has 0 radical (unpaired) electrons. The highest BCUT2D eigenvalue weighted by atomic mass is 19.4. The first-order valence-electron chi connectivity index (χ1n) is 10.8. The molecule has 0 bridgehead atoms. The van der Waals surface area contributed by atoms with Crippen LogP contribution in [0.5, 0.6) is 5.75 Å². The molecule has 1 saturated heterocycles. The van der Waals surface area contributed by atoms with Crippen molar-refractivity contribution in [1.82, 2.24) is 4.90 Å². The van der Waals surface area contributed by atoms with Crippen LogP contribution in [0.1, 0.15) is 41.5 Å². The van der Waals surface area contributed by atoms with E-state index in [9.17, 15) is 31.1 Å². The zero-order valence-corrected chi connectivity index (χ0v) is 18.3. The number of carboxylic acid groups (broad SMARTS) is 1. The maximum Gasteiger partial charge on any atom is 0.416 e. The minimum atomic E-state index is -4.73. The average Bonchev–Trinajstić information content (AvgIpc) is 2.76. The summed E-state index contributed by atoms with van der Waals surface area (Å²) in [5.74, 6) is -0.114. The van der Waals surface area contributed by atoms with Crippen LogP contribution in [0.2, 0.25) is 0 Å². The first kappa shape index (κ1) is 25.9. The summed E-state index contributed by atoms with van der Waals surface area (Å²) in [5, 5.41) is 8.80. The van der Waals surface area contributed by atoms with E-state index in [4.69, 9.17) is 9.84 Å². The molecule has 0 atom stereocenters. The molecular formula is C24H25F6NO3. The fourth-order valence-corrected chi connectivity index (χ4v) is 3.99. The zero-order valence-electron chi connectivity index (χ0n) is 18.3. The van der Waals surface area contributed by atoms with Crippen molar-refractivity contribution >= 4 is 5.97 Å². The Bertz CT molecular complexity index is 981. The van der Waals surface area contributed by atoms with Crippen molar-refractivity contribution in [2.45, 2.75) is 44.6 Å². The molecule has 4 nitrogen and oxygen atoms in total. The maximum atomic E-state index is 13.3. The Morgan fingerprint density at radius 3 is 2.32 bits per heavy atom. The molecule has 2 aromatic rings. The molecule has 1 fully saturated rings. The van der Waals surface area contributed by atoms with Crippen LogP contribution in [0, 0.1) is 5.92 Å². The second-order valence-electron chi connectivity index (χ2n) is 8.44. The summed E-state index contributed by atoms with van der Waals surface area (Å²) in [6.07, 6.45) is -7.76. The Morgan fingerprint density at radius 2 is 1.71 bits per heavy atom. The van der Waals surface area contributed by atoms with E-state index in [-0.39, 0.29) is 24.4 Å². The molecule has 2 aromatic carbocycles. The van der Waals surface area contributed by atoms with Gasteiger partial charge >= 0.3 is 18.3 Å². The molecule has 0 saturated carbocycles. The molecule has 1 aliphatic rings. The van der Waals surface area contributed by atoms with Crippen LogP contribution in [0.3, 0.4) is 0 Å². The van der Waals surface area contributed by atoms with E-state index in [1.165, 1.54) is 0 Å². The van der Waals surface area contributed by atoms with Gasteiger partial charge in [-0.05, 0) is 79.7 Å². The summed E-state index contributed by atoms with van der Waals surface area (Å²) < 4.78 is 84.9. The van der Waals surface area contributed by atoms with E-state index in [1.807, 2.05) is 6.07 Å². The molecule has 0 amide bonds. The van der Waals surface area contributed by atoms with Crippen LogP contribution < -0.4 is 4.74 Å². The third-order valence-electron chi connectivity index (χ3n) is 5.85. The average molecular weight is 489 g/mol. The first-order chi connectivity index (χ1) is 15.9. The minimum Gasteiger partial charge on any atom is -0.493 e. The van der Waals surface area contributed by atoms with Gasteiger partial charge in [-0.25, -0.2) is 0 Å². The Morgan fingerprint density at radius 1 is 1.00 bits per heavy atom. The largest absolute Gasteiger partial charge is 0.493 e. The summed E-state index contributed by atoms with van der Waals surface area (Å²) in [5.41, 5.74) is -1.68. The standard InChI is InChI=1S/C24H25F6NO3/c25-23(26,27)19-5-6-21(24(28,29)30)18(13-19)14-31-10-8-17(9-11-31)15-34-20-3-1-2-16(12-20)4-7-22(32)33/h1-3,5-6,12-13,17H,4,7-11,14-15H2,(H,32,33). The number of likely N-dealkylation sites (tertiary alicyclic amines) is 1. The van der Waals surface area contributed by atoms with Crippen molar-refractivity contribution in [2.24, 2.45) is 5.92 Å². The molecule has 3 rings (SSSR count). The lowest BCUT2D eigenvalue weighted by atomic mass is 9.96. The van der Waals surface area contributed by atoms with Crippen molar-refractivity contribution in [3.8, 4) is 5.75 Å². The summed E-state index contributed by atoms with van der Waals surface area (Å²) >= 11 is 0. The molecule has 186 valence electrons. The van der Waals surface area contributed by atoms with Gasteiger partial charge in [0.05, 0.1) is 17.7 Å². The van der Waals surface area contributed by atoms with Gasteiger partial charge < -0.3 is 9.84 Å². The van der Waals surface area contributed by atoms with Crippen LogP contribution in [0.25, 0.3) is 0 Å². The summed E-state index contributed by atoms with van der Waals surface area (Å²) in [4.78, 5) is 12.4. The third-order valence-corrected chi connectivity index (χ3v) is 5.85. The van der Waals surface area contributed by atoms with Crippen LogP contribution in [-0.2, 0) is 30.1 Å². The SMILES string of the molecule is O=C(O)CCc1cccc(OCC2CCN(Cc3cc(C(F)(F)F)ccc3C(F)(F)F)CC2)c1. The fourth-order valence-electron chi connectivity index (χ4n) is 3.99. The second kappa shape index (κ2) is 10.7. The number of halogens is 6. The molecule has 0 unspecified atom stereocenters. The fraction of sp³-hybridized carbons (Fsp3) is 0.458. The highest BCUT2D eigenvalue weighted by Gasteiger charge is 2.37. The van der Waals surface area contributed by atoms with Crippen molar-refractivity contribution < 1.29 is 41.0 Å². The van der Waals surface area contributed by atoms with Crippen LogP contribution >= 0.6 is 0 Å². The van der Waals surface area contributed by atoms with Gasteiger partial charge in [-0.3, -0.25) is 9.69 Å². The predicted octanol–water partition coefficient (Wildman–Crippen LogP) is 6.03. The maximum absolute atomic E-state index is 13.3. The van der Waals surface area contributed by atoms with Gasteiger partial charge in [0, 0.05) is 13.0 Å². The topological polar surface area (TPSA) is 49.8 Å². The van der Waals surface area contributed by atoms with E-state index in [2.05, 4.69) is 0 Å². The quantitative estimate of drug-likeness (QED) is 0.460. The molecule has 1 heterocycles. The minimum absolute atomic E-state index is 0.0177. The van der Waals surface area contributed by atoms with Gasteiger partial charge in [-0.1, -0.05) is 12.1 Å². The van der Waals surface area contributed by atoms with Crippen LogP contribution in [-0.4, -0.2) is 35.7 Å². The number of carbonyl (C=O) groups is 1. The van der Waals surface area contributed by atoms with E-state index in [1.54, 1.807) is 23.1 Å². The van der Waals surface area contributed by atoms with Crippen molar-refractivity contribution in [3.05, 3.63) is 64.7 Å². The van der Waals surface area contributed by atoms with Gasteiger partial charge in [0.15, 0.2) is 0 Å². The van der Waals surface area contributed by atoms with Crippen LogP contribution in [0.4, 0.5) is 26.3 Å². The summed E-state index contributed by atoms with van der Waals surface area (Å²) in [6.45, 7) is 1.08. The Labute approximate surface area is 193 Å². The monoisotopic (exact) mass is 489 g/mol. The molecule has 0 aromatic heterocycles. The third kappa shape index (κ3) is 7.38. The van der Waals surface area contributed by atoms with Gasteiger partial charge in [0.1, 0.15) is 5.75 Å². The highest BCUT2D eigenvalue weighted by molar-refractivity contribution is 5.67. The van der Waals surface area contributed by atoms with E-state index >= 15 is 0 Å². The number of hydrogen-bond acceptors (Lipinski definition) is 3. The normalized spacial score (nSPS) is 15.9. The number of hydrogen-bond donors (Lipinski definition) is 1. The number of aliphatic carboxylic acids is 1. The highest BCUT2D eigenvalue weighted by Crippen LogP contribution is 2.37. The molecule has 10 heteroatoms.